The molecule has 2 aliphatic rings. The van der Waals surface area contributed by atoms with E-state index in [2.05, 4.69) is 225 Å². The van der Waals surface area contributed by atoms with E-state index < -0.39 is 0 Å². The van der Waals surface area contributed by atoms with Crippen LogP contribution in [0.4, 0.5) is 34.1 Å². The van der Waals surface area contributed by atoms with Gasteiger partial charge in [0.2, 0.25) is 0 Å². The van der Waals surface area contributed by atoms with E-state index in [1.54, 1.807) is 0 Å². The number of rotatable bonds is 2. The van der Waals surface area contributed by atoms with Gasteiger partial charge in [-0.2, -0.15) is 0 Å². The zero-order chi connectivity index (χ0) is 45.7. The maximum absolute atomic E-state index is 7.60. The molecule has 326 valence electrons. The molecule has 7 aromatic rings. The zero-order valence-electron chi connectivity index (χ0n) is 41.4. The van der Waals surface area contributed by atoms with Crippen LogP contribution in [0.15, 0.2) is 99.8 Å². The van der Waals surface area contributed by atoms with Gasteiger partial charge in [-0.15, -0.1) is 0 Å². The molecule has 9 rings (SSSR count). The van der Waals surface area contributed by atoms with Crippen molar-refractivity contribution in [3.8, 4) is 0 Å². The van der Waals surface area contributed by atoms with Crippen molar-refractivity contribution >= 4 is 79.6 Å². The minimum absolute atomic E-state index is 0.0215. The summed E-state index contributed by atoms with van der Waals surface area (Å²) in [5, 5.41) is 2.28. The third-order valence-corrected chi connectivity index (χ3v) is 13.7. The standard InChI is InChI=1S/C58H69BN2O2/c1-53(2,3)34-22-26-38(27-23-34)60-44-20-19-21-45-46(44)59(51-47(60)40-30-36(55(7,8)9)32-42(49(40)62-51)57(13,14)15)52-48(61(45)39-28-24-35(25-29-39)54(4,5)6)41-31-37(56(10,11)12)33-43(50(41)63-52)58(16,17)18/h19-33H,1-18H3. The number of benzene rings is 5. The van der Waals surface area contributed by atoms with E-state index in [4.69, 9.17) is 8.83 Å². The number of anilines is 6. The maximum atomic E-state index is 7.60. The highest BCUT2D eigenvalue weighted by molar-refractivity contribution is 6.99. The molecule has 0 aliphatic carbocycles. The van der Waals surface area contributed by atoms with Crippen LogP contribution in [0, 0.1) is 0 Å². The molecule has 0 amide bonds. The van der Waals surface area contributed by atoms with E-state index >= 15 is 0 Å². The van der Waals surface area contributed by atoms with Gasteiger partial charge in [0.05, 0.1) is 11.4 Å². The first-order valence-corrected chi connectivity index (χ1v) is 23.2. The van der Waals surface area contributed by atoms with E-state index in [0.29, 0.717) is 0 Å². The van der Waals surface area contributed by atoms with Gasteiger partial charge in [0.1, 0.15) is 22.5 Å². The molecule has 4 nitrogen and oxygen atoms in total. The summed E-state index contributed by atoms with van der Waals surface area (Å²) in [5.41, 5.74) is 18.8. The molecule has 0 fully saturated rings. The molecule has 0 bridgehead atoms. The van der Waals surface area contributed by atoms with Crippen molar-refractivity contribution in [3.05, 3.63) is 124 Å². The van der Waals surface area contributed by atoms with Gasteiger partial charge in [-0.1, -0.05) is 167 Å². The van der Waals surface area contributed by atoms with Crippen LogP contribution in [0.25, 0.3) is 21.9 Å². The lowest BCUT2D eigenvalue weighted by atomic mass is 9.37. The molecule has 4 heterocycles. The molecular formula is C58H69BN2O2. The second-order valence-corrected chi connectivity index (χ2v) is 24.8. The Kier molecular flexibility index (Phi) is 9.36. The lowest BCUT2D eigenvalue weighted by molar-refractivity contribution is 0.555. The molecule has 0 atom stereocenters. The Morgan fingerprint density at radius 1 is 0.381 bits per heavy atom. The fraction of sp³-hybridized carbons (Fsp3) is 0.414. The molecule has 2 aromatic heterocycles. The molecule has 5 aromatic carbocycles. The average molecular weight is 837 g/mol. The fourth-order valence-corrected chi connectivity index (χ4v) is 9.85. The first kappa shape index (κ1) is 43.1. The summed E-state index contributed by atoms with van der Waals surface area (Å²) in [4.78, 5) is 4.99. The van der Waals surface area contributed by atoms with Crippen LogP contribution in [0.3, 0.4) is 0 Å². The van der Waals surface area contributed by atoms with Gasteiger partial charge in [0, 0.05) is 44.6 Å². The lowest BCUT2D eigenvalue weighted by Crippen LogP contribution is -2.60. The largest absolute Gasteiger partial charge is 0.468 e. The van der Waals surface area contributed by atoms with Gasteiger partial charge in [-0.05, 0) is 109 Å². The Labute approximate surface area is 378 Å². The molecule has 2 aliphatic heterocycles. The number of fused-ring (bicyclic) bond motifs is 8. The number of nitrogens with zero attached hydrogens (tertiary/aromatic N) is 2. The molecule has 0 saturated heterocycles. The van der Waals surface area contributed by atoms with Gasteiger partial charge >= 0.3 is 6.71 Å². The molecule has 0 saturated carbocycles. The number of hydrogen-bond donors (Lipinski definition) is 0. The minimum Gasteiger partial charge on any atom is -0.468 e. The Morgan fingerprint density at radius 2 is 0.714 bits per heavy atom. The third-order valence-electron chi connectivity index (χ3n) is 13.7. The Hall–Kier alpha value is -5.16. The average Bonchev–Trinajstić information content (AvgIpc) is 3.74. The van der Waals surface area contributed by atoms with Crippen LogP contribution in [0.2, 0.25) is 0 Å². The summed E-state index contributed by atoms with van der Waals surface area (Å²) in [6, 6.07) is 35.0. The van der Waals surface area contributed by atoms with E-state index in [9.17, 15) is 0 Å². The van der Waals surface area contributed by atoms with E-state index in [1.165, 1.54) is 38.8 Å². The molecule has 0 N–H and O–H groups in total. The quantitative estimate of drug-likeness (QED) is 0.162. The monoisotopic (exact) mass is 837 g/mol. The Bertz CT molecular complexity index is 2740. The van der Waals surface area contributed by atoms with Crippen LogP contribution in [0.5, 0.6) is 0 Å². The highest BCUT2D eigenvalue weighted by Crippen LogP contribution is 2.51. The van der Waals surface area contributed by atoms with Crippen LogP contribution in [-0.2, 0) is 32.5 Å². The van der Waals surface area contributed by atoms with Crippen molar-refractivity contribution in [3.63, 3.8) is 0 Å². The van der Waals surface area contributed by atoms with Crippen molar-refractivity contribution in [2.75, 3.05) is 9.80 Å². The van der Waals surface area contributed by atoms with Crippen LogP contribution in [0.1, 0.15) is 158 Å². The van der Waals surface area contributed by atoms with Crippen molar-refractivity contribution < 1.29 is 8.83 Å². The van der Waals surface area contributed by atoms with Gasteiger partial charge in [0.15, 0.2) is 0 Å². The van der Waals surface area contributed by atoms with Crippen LogP contribution in [-0.4, -0.2) is 6.71 Å². The van der Waals surface area contributed by atoms with Gasteiger partial charge < -0.3 is 18.6 Å². The van der Waals surface area contributed by atoms with Gasteiger partial charge in [-0.3, -0.25) is 0 Å². The van der Waals surface area contributed by atoms with Crippen molar-refractivity contribution in [2.24, 2.45) is 0 Å². The molecule has 5 heteroatoms. The first-order valence-electron chi connectivity index (χ1n) is 23.2. The summed E-state index contributed by atoms with van der Waals surface area (Å²) in [6.45, 7) is 41.2. The van der Waals surface area contributed by atoms with Gasteiger partial charge in [-0.25, -0.2) is 0 Å². The van der Waals surface area contributed by atoms with Crippen LogP contribution < -0.4 is 26.6 Å². The summed E-state index contributed by atoms with van der Waals surface area (Å²) < 4.78 is 15.2. The second kappa shape index (κ2) is 13.7. The zero-order valence-corrected chi connectivity index (χ0v) is 41.4. The van der Waals surface area contributed by atoms with E-state index in [-0.39, 0.29) is 39.2 Å². The Balaban J connectivity index is 1.46. The van der Waals surface area contributed by atoms with Crippen LogP contribution >= 0.6 is 0 Å². The fourth-order valence-electron chi connectivity index (χ4n) is 9.85. The summed E-state index contributed by atoms with van der Waals surface area (Å²) in [5.74, 6) is 0. The third kappa shape index (κ3) is 6.95. The lowest BCUT2D eigenvalue weighted by Gasteiger charge is -2.40. The van der Waals surface area contributed by atoms with Crippen molar-refractivity contribution in [2.45, 2.75) is 157 Å². The molecule has 63 heavy (non-hydrogen) atoms. The number of hydrogen-bond acceptors (Lipinski definition) is 4. The molecule has 0 radical (unpaired) electrons. The molecular weight excluding hydrogens is 767 g/mol. The topological polar surface area (TPSA) is 32.8 Å². The predicted molar refractivity (Wildman–Crippen MR) is 272 cm³/mol. The second-order valence-electron chi connectivity index (χ2n) is 24.8. The predicted octanol–water partition coefficient (Wildman–Crippen LogP) is 15.0. The van der Waals surface area contributed by atoms with Crippen molar-refractivity contribution in [1.29, 1.82) is 0 Å². The highest BCUT2D eigenvalue weighted by Gasteiger charge is 2.50. The smallest absolute Gasteiger partial charge is 0.342 e. The molecule has 0 unspecified atom stereocenters. The molecule has 0 spiro atoms. The van der Waals surface area contributed by atoms with E-state index in [1.807, 2.05) is 0 Å². The van der Waals surface area contributed by atoms with Crippen molar-refractivity contribution in [1.82, 2.24) is 0 Å². The SMILES string of the molecule is CC(C)(C)c1ccc(N2c3cccc4c3B(c3oc5c(C(C)(C)C)cc(C(C)(C)C)cc5c32)c2oc3c(C(C)(C)C)cc(C(C)(C)C)cc3c2N4c2ccc(C(C)(C)C)cc2)cc1. The minimum atomic E-state index is -0.298. The Morgan fingerprint density at radius 3 is 1.02 bits per heavy atom. The highest BCUT2D eigenvalue weighted by atomic mass is 16.3. The van der Waals surface area contributed by atoms with E-state index in [0.717, 1.165) is 67.4 Å². The first-order chi connectivity index (χ1) is 29.0. The summed E-state index contributed by atoms with van der Waals surface area (Å²) in [7, 11) is 0. The number of furan rings is 2. The normalized spacial score (nSPS) is 14.7. The summed E-state index contributed by atoms with van der Waals surface area (Å²) >= 11 is 0. The summed E-state index contributed by atoms with van der Waals surface area (Å²) in [6.07, 6.45) is 0. The maximum Gasteiger partial charge on any atom is 0.342 e. The van der Waals surface area contributed by atoms with Gasteiger partial charge in [0.25, 0.3) is 0 Å².